The number of benzene rings is 1. The molecule has 10 heteroatoms. The van der Waals surface area contributed by atoms with Crippen LogP contribution in [-0.4, -0.2) is 57.1 Å². The highest BCUT2D eigenvalue weighted by Gasteiger charge is 2.26. The van der Waals surface area contributed by atoms with Crippen molar-refractivity contribution in [2.75, 3.05) is 36.0 Å². The second kappa shape index (κ2) is 8.55. The zero-order valence-electron chi connectivity index (χ0n) is 19.3. The smallest absolute Gasteiger partial charge is 0.196 e. The van der Waals surface area contributed by atoms with E-state index in [1.54, 1.807) is 0 Å². The number of nitrogens with two attached hydrogens (primary N) is 1. The maximum Gasteiger partial charge on any atom is 0.196 e. The Labute approximate surface area is 207 Å². The average Bonchev–Trinajstić information content (AvgIpc) is 3.39. The number of aromatic nitrogens is 5. The Bertz CT molecular complexity index is 1380. The molecule has 0 spiro atoms. The Morgan fingerprint density at radius 1 is 1.15 bits per heavy atom. The molecule has 6 rings (SSSR count). The van der Waals surface area contributed by atoms with Crippen molar-refractivity contribution >= 4 is 57.1 Å². The lowest BCUT2D eigenvalue weighted by molar-refractivity contribution is 0.443. The van der Waals surface area contributed by atoms with Gasteiger partial charge in [-0.25, -0.2) is 15.0 Å². The molecule has 2 fully saturated rings. The Kier molecular flexibility index (Phi) is 5.50. The number of hydrogen-bond acceptors (Lipinski definition) is 8. The second-order valence-corrected chi connectivity index (χ2v) is 10.7. The Morgan fingerprint density at radius 2 is 2.00 bits per heavy atom. The first-order valence-electron chi connectivity index (χ1n) is 11.8. The Balaban J connectivity index is 1.34. The van der Waals surface area contributed by atoms with Crippen LogP contribution in [0, 0.1) is 5.92 Å². The summed E-state index contributed by atoms with van der Waals surface area (Å²) in [6.07, 6.45) is 3.61. The lowest BCUT2D eigenvalue weighted by Gasteiger charge is -2.37. The zero-order chi connectivity index (χ0) is 23.4. The molecular weight excluding hydrogens is 468 g/mol. The highest BCUT2D eigenvalue weighted by atomic mass is 35.5. The predicted molar refractivity (Wildman–Crippen MR) is 138 cm³/mol. The van der Waals surface area contributed by atoms with E-state index >= 15 is 0 Å². The van der Waals surface area contributed by atoms with Crippen molar-refractivity contribution < 1.29 is 0 Å². The lowest BCUT2D eigenvalue weighted by Crippen LogP contribution is -2.45. The van der Waals surface area contributed by atoms with Crippen LogP contribution in [0.3, 0.4) is 0 Å². The van der Waals surface area contributed by atoms with E-state index in [4.69, 9.17) is 32.3 Å². The number of H-pyrrole nitrogens is 1. The van der Waals surface area contributed by atoms with E-state index < -0.39 is 0 Å². The van der Waals surface area contributed by atoms with Gasteiger partial charge in [-0.1, -0.05) is 25.4 Å². The SMILES string of the molecule is CCc1[nH]c2nc(Sc3ccc4nc(N5CC(C)C5)cnc4c3)nc(N3CC[C@H](N)C3)c2c1Cl. The maximum atomic E-state index is 6.72. The number of anilines is 2. The molecule has 3 N–H and O–H groups in total. The number of nitrogens with zero attached hydrogens (tertiary/aromatic N) is 6. The molecule has 34 heavy (non-hydrogen) atoms. The highest BCUT2D eigenvalue weighted by molar-refractivity contribution is 7.99. The standard InChI is InChI=1S/C24H27ClN8S/c1-3-16-21(25)20-22(29-16)30-24(31-23(20)32-7-6-14(26)12-32)34-15-4-5-17-18(8-15)27-9-19(28-17)33-10-13(2)11-33/h4-5,8-9,13-14H,3,6-7,10-12,26H2,1-2H3,(H,29,30,31)/t14-/m0/s1. The molecule has 0 bridgehead atoms. The van der Waals surface area contributed by atoms with Gasteiger partial charge in [-0.05, 0) is 48.7 Å². The van der Waals surface area contributed by atoms with Gasteiger partial charge < -0.3 is 20.5 Å². The summed E-state index contributed by atoms with van der Waals surface area (Å²) in [7, 11) is 0. The number of nitrogens with one attached hydrogen (secondary N) is 1. The number of hydrogen-bond donors (Lipinski definition) is 2. The Morgan fingerprint density at radius 3 is 2.74 bits per heavy atom. The molecule has 0 aliphatic carbocycles. The summed E-state index contributed by atoms with van der Waals surface area (Å²) >= 11 is 8.24. The van der Waals surface area contributed by atoms with E-state index in [9.17, 15) is 0 Å². The fraction of sp³-hybridized carbons (Fsp3) is 0.417. The fourth-order valence-electron chi connectivity index (χ4n) is 4.76. The van der Waals surface area contributed by atoms with Gasteiger partial charge in [0.25, 0.3) is 0 Å². The van der Waals surface area contributed by atoms with Gasteiger partial charge >= 0.3 is 0 Å². The lowest BCUT2D eigenvalue weighted by atomic mass is 10.0. The van der Waals surface area contributed by atoms with Crippen LogP contribution >= 0.6 is 23.4 Å². The first kappa shape index (κ1) is 21.9. The number of aryl methyl sites for hydroxylation is 1. The van der Waals surface area contributed by atoms with E-state index in [0.717, 1.165) is 89.2 Å². The van der Waals surface area contributed by atoms with E-state index in [1.807, 2.05) is 18.3 Å². The van der Waals surface area contributed by atoms with Crippen LogP contribution in [0.15, 0.2) is 34.4 Å². The van der Waals surface area contributed by atoms with Crippen molar-refractivity contribution in [3.8, 4) is 0 Å². The van der Waals surface area contributed by atoms with Gasteiger partial charge in [0.15, 0.2) is 5.16 Å². The molecule has 1 atom stereocenters. The molecule has 0 radical (unpaired) electrons. The van der Waals surface area contributed by atoms with Gasteiger partial charge in [0.2, 0.25) is 0 Å². The number of fused-ring (bicyclic) bond motifs is 2. The van der Waals surface area contributed by atoms with E-state index in [1.165, 1.54) is 11.8 Å². The van der Waals surface area contributed by atoms with Gasteiger partial charge in [-0.3, -0.25) is 4.98 Å². The summed E-state index contributed by atoms with van der Waals surface area (Å²) < 4.78 is 0. The van der Waals surface area contributed by atoms with Crippen LogP contribution in [0.1, 0.15) is 26.0 Å². The third-order valence-electron chi connectivity index (χ3n) is 6.60. The quantitative estimate of drug-likeness (QED) is 0.397. The van der Waals surface area contributed by atoms with Crippen molar-refractivity contribution in [3.63, 3.8) is 0 Å². The van der Waals surface area contributed by atoms with Gasteiger partial charge in [0, 0.05) is 42.8 Å². The van der Waals surface area contributed by atoms with Crippen LogP contribution < -0.4 is 15.5 Å². The topological polar surface area (TPSA) is 99.8 Å². The normalized spacial score (nSPS) is 18.9. The van der Waals surface area contributed by atoms with Crippen molar-refractivity contribution in [3.05, 3.63) is 35.1 Å². The highest BCUT2D eigenvalue weighted by Crippen LogP contribution is 2.38. The summed E-state index contributed by atoms with van der Waals surface area (Å²) in [6.45, 7) is 8.05. The molecule has 2 aliphatic heterocycles. The number of aromatic amines is 1. The number of rotatable bonds is 5. The summed E-state index contributed by atoms with van der Waals surface area (Å²) in [5.41, 5.74) is 9.70. The third kappa shape index (κ3) is 3.85. The molecule has 8 nitrogen and oxygen atoms in total. The van der Waals surface area contributed by atoms with Crippen LogP contribution in [0.5, 0.6) is 0 Å². The summed E-state index contributed by atoms with van der Waals surface area (Å²) in [5.74, 6) is 2.52. The van der Waals surface area contributed by atoms with E-state index in [0.29, 0.717) is 10.2 Å². The zero-order valence-corrected chi connectivity index (χ0v) is 20.8. The molecule has 1 aromatic carbocycles. The van der Waals surface area contributed by atoms with E-state index in [-0.39, 0.29) is 6.04 Å². The molecule has 3 aromatic heterocycles. The maximum absolute atomic E-state index is 6.72. The molecule has 2 saturated heterocycles. The molecule has 4 aromatic rings. The fourth-order valence-corrected chi connectivity index (χ4v) is 5.90. The molecular formula is C24H27ClN8S. The van der Waals surface area contributed by atoms with Crippen LogP contribution in [0.2, 0.25) is 5.02 Å². The minimum Gasteiger partial charge on any atom is -0.355 e. The van der Waals surface area contributed by atoms with Crippen LogP contribution in [0.4, 0.5) is 11.6 Å². The van der Waals surface area contributed by atoms with Crippen molar-refractivity contribution in [1.82, 2.24) is 24.9 Å². The molecule has 2 aliphatic rings. The van der Waals surface area contributed by atoms with Gasteiger partial charge in [0.05, 0.1) is 27.6 Å². The third-order valence-corrected chi connectivity index (χ3v) is 7.87. The van der Waals surface area contributed by atoms with Crippen LogP contribution in [0.25, 0.3) is 22.1 Å². The average molecular weight is 495 g/mol. The summed E-state index contributed by atoms with van der Waals surface area (Å²) in [4.78, 5) is 28.1. The van der Waals surface area contributed by atoms with Crippen molar-refractivity contribution in [1.29, 1.82) is 0 Å². The molecule has 176 valence electrons. The van der Waals surface area contributed by atoms with Crippen molar-refractivity contribution in [2.45, 2.75) is 42.8 Å². The molecule has 5 heterocycles. The van der Waals surface area contributed by atoms with E-state index in [2.05, 4.69) is 39.7 Å². The van der Waals surface area contributed by atoms with Crippen molar-refractivity contribution in [2.24, 2.45) is 11.7 Å². The monoisotopic (exact) mass is 494 g/mol. The number of halogens is 1. The first-order chi connectivity index (χ1) is 16.5. The molecule has 0 saturated carbocycles. The minimum atomic E-state index is 0.146. The first-order valence-corrected chi connectivity index (χ1v) is 13.0. The van der Waals surface area contributed by atoms with Gasteiger partial charge in [0.1, 0.15) is 17.3 Å². The predicted octanol–water partition coefficient (Wildman–Crippen LogP) is 4.26. The minimum absolute atomic E-state index is 0.146. The summed E-state index contributed by atoms with van der Waals surface area (Å²) in [5, 5.41) is 2.26. The molecule has 0 unspecified atom stereocenters. The van der Waals surface area contributed by atoms with Gasteiger partial charge in [-0.15, -0.1) is 0 Å². The van der Waals surface area contributed by atoms with Crippen LogP contribution in [-0.2, 0) is 6.42 Å². The largest absolute Gasteiger partial charge is 0.355 e. The Hall–Kier alpha value is -2.62. The molecule has 0 amide bonds. The van der Waals surface area contributed by atoms with Gasteiger partial charge in [-0.2, -0.15) is 0 Å². The summed E-state index contributed by atoms with van der Waals surface area (Å²) in [6, 6.07) is 6.28. The second-order valence-electron chi connectivity index (χ2n) is 9.31.